The molecule has 104 valence electrons. The summed E-state index contributed by atoms with van der Waals surface area (Å²) in [4.78, 5) is 0. The van der Waals surface area contributed by atoms with Crippen LogP contribution in [0.4, 0.5) is 0 Å². The third kappa shape index (κ3) is 3.59. The fraction of sp³-hybridized carbons (Fsp3) is 0.625. The molecule has 1 unspecified atom stereocenters. The van der Waals surface area contributed by atoms with E-state index in [4.69, 9.17) is 0 Å². The molecule has 1 atom stereocenters. The summed E-state index contributed by atoms with van der Waals surface area (Å²) in [6.07, 6.45) is 6.77. The van der Waals surface area contributed by atoms with Crippen molar-refractivity contribution in [3.8, 4) is 0 Å². The Morgan fingerprint density at radius 1 is 1.00 bits per heavy atom. The highest BCUT2D eigenvalue weighted by atomic mass is 79.9. The molecular formula is C16H22BrNO. The van der Waals surface area contributed by atoms with Gasteiger partial charge in [-0.2, -0.15) is 0 Å². The third-order valence-electron chi connectivity index (χ3n) is 4.43. The number of nitrogens with one attached hydrogen (secondary N) is 1. The van der Waals surface area contributed by atoms with Crippen molar-refractivity contribution in [1.29, 1.82) is 0 Å². The van der Waals surface area contributed by atoms with E-state index in [9.17, 15) is 5.11 Å². The first-order valence-electron chi connectivity index (χ1n) is 7.42. The fourth-order valence-corrected chi connectivity index (χ4v) is 3.36. The van der Waals surface area contributed by atoms with E-state index in [1.165, 1.54) is 18.4 Å². The van der Waals surface area contributed by atoms with E-state index in [0.717, 1.165) is 36.1 Å². The predicted molar refractivity (Wildman–Crippen MR) is 81.0 cm³/mol. The maximum atomic E-state index is 9.60. The van der Waals surface area contributed by atoms with Gasteiger partial charge in [0.2, 0.25) is 0 Å². The molecule has 2 aliphatic rings. The van der Waals surface area contributed by atoms with Gasteiger partial charge in [0.15, 0.2) is 0 Å². The molecule has 19 heavy (non-hydrogen) atoms. The van der Waals surface area contributed by atoms with Crippen molar-refractivity contribution in [2.24, 2.45) is 5.92 Å². The molecule has 0 heterocycles. The first kappa shape index (κ1) is 13.6. The Hall–Kier alpha value is -0.380. The highest BCUT2D eigenvalue weighted by Crippen LogP contribution is 2.42. The third-order valence-corrected chi connectivity index (χ3v) is 4.96. The molecule has 2 nitrogen and oxygen atoms in total. The van der Waals surface area contributed by atoms with Gasteiger partial charge in [0, 0.05) is 16.6 Å². The molecule has 0 bridgehead atoms. The second kappa shape index (κ2) is 5.94. The topological polar surface area (TPSA) is 32.3 Å². The Morgan fingerprint density at radius 2 is 1.63 bits per heavy atom. The number of benzene rings is 1. The fourth-order valence-electron chi connectivity index (χ4n) is 3.10. The summed E-state index contributed by atoms with van der Waals surface area (Å²) < 4.78 is 1.14. The molecule has 0 aromatic heterocycles. The number of aliphatic hydroxyl groups excluding tert-OH is 1. The smallest absolute Gasteiger partial charge is 0.0541 e. The normalized spacial score (nSPS) is 29.2. The number of aliphatic hydroxyl groups is 1. The van der Waals surface area contributed by atoms with Crippen LogP contribution in [0.1, 0.15) is 50.1 Å². The zero-order valence-corrected chi connectivity index (χ0v) is 12.8. The van der Waals surface area contributed by atoms with Crippen molar-refractivity contribution >= 4 is 15.9 Å². The highest BCUT2D eigenvalue weighted by molar-refractivity contribution is 9.10. The van der Waals surface area contributed by atoms with Crippen molar-refractivity contribution in [2.45, 2.75) is 56.7 Å². The van der Waals surface area contributed by atoms with E-state index in [2.05, 4.69) is 45.5 Å². The van der Waals surface area contributed by atoms with E-state index in [-0.39, 0.29) is 6.10 Å². The minimum absolute atomic E-state index is 0.0647. The molecule has 2 aliphatic carbocycles. The Labute approximate surface area is 123 Å². The van der Waals surface area contributed by atoms with E-state index in [1.807, 2.05) is 0 Å². The first-order chi connectivity index (χ1) is 9.22. The highest BCUT2D eigenvalue weighted by Gasteiger charge is 2.34. The quantitative estimate of drug-likeness (QED) is 0.883. The predicted octanol–water partition coefficient (Wildman–Crippen LogP) is 3.79. The van der Waals surface area contributed by atoms with Gasteiger partial charge in [0.1, 0.15) is 0 Å². The number of hydrogen-bond donors (Lipinski definition) is 2. The monoisotopic (exact) mass is 323 g/mol. The number of halogens is 1. The molecule has 0 spiro atoms. The molecule has 3 heteroatoms. The molecule has 0 amide bonds. The zero-order chi connectivity index (χ0) is 13.2. The zero-order valence-electron chi connectivity index (χ0n) is 11.2. The summed E-state index contributed by atoms with van der Waals surface area (Å²) in [5, 5.41) is 13.4. The molecule has 3 rings (SSSR count). The second-order valence-electron chi connectivity index (χ2n) is 6.04. The molecule has 2 saturated carbocycles. The van der Waals surface area contributed by atoms with E-state index in [1.54, 1.807) is 0 Å². The summed E-state index contributed by atoms with van der Waals surface area (Å²) in [6, 6.07) is 9.83. The lowest BCUT2D eigenvalue weighted by atomic mass is 9.91. The molecule has 0 aliphatic heterocycles. The molecule has 2 fully saturated rings. The van der Waals surface area contributed by atoms with Crippen LogP contribution in [0.15, 0.2) is 28.7 Å². The Balaban J connectivity index is 1.66. The van der Waals surface area contributed by atoms with Crippen LogP contribution < -0.4 is 5.32 Å². The van der Waals surface area contributed by atoms with Crippen LogP contribution in [0, 0.1) is 5.92 Å². The van der Waals surface area contributed by atoms with Gasteiger partial charge < -0.3 is 10.4 Å². The lowest BCUT2D eigenvalue weighted by Crippen LogP contribution is -2.37. The molecule has 1 aromatic rings. The van der Waals surface area contributed by atoms with Crippen LogP contribution in [-0.4, -0.2) is 17.3 Å². The van der Waals surface area contributed by atoms with Crippen molar-refractivity contribution in [2.75, 3.05) is 0 Å². The molecule has 0 saturated heterocycles. The molecule has 0 radical (unpaired) electrons. The van der Waals surface area contributed by atoms with Crippen LogP contribution in [0.2, 0.25) is 0 Å². The van der Waals surface area contributed by atoms with Gasteiger partial charge in [-0.05, 0) is 62.1 Å². The van der Waals surface area contributed by atoms with Crippen LogP contribution >= 0.6 is 15.9 Å². The Morgan fingerprint density at radius 3 is 2.21 bits per heavy atom. The molecular weight excluding hydrogens is 302 g/mol. The van der Waals surface area contributed by atoms with Gasteiger partial charge in [0.25, 0.3) is 0 Å². The van der Waals surface area contributed by atoms with E-state index >= 15 is 0 Å². The van der Waals surface area contributed by atoms with Gasteiger partial charge in [-0.25, -0.2) is 0 Å². The summed E-state index contributed by atoms with van der Waals surface area (Å²) in [5.74, 6) is 0.813. The standard InChI is InChI=1S/C16H22BrNO/c17-13-5-3-12(4-6-13)16(11-1-2-11)18-14-7-9-15(19)10-8-14/h3-6,11,14-16,18-19H,1-2,7-10H2. The lowest BCUT2D eigenvalue weighted by Gasteiger charge is -2.31. The minimum Gasteiger partial charge on any atom is -0.393 e. The summed E-state index contributed by atoms with van der Waals surface area (Å²) >= 11 is 3.50. The maximum Gasteiger partial charge on any atom is 0.0541 e. The van der Waals surface area contributed by atoms with E-state index < -0.39 is 0 Å². The van der Waals surface area contributed by atoms with Gasteiger partial charge in [-0.15, -0.1) is 0 Å². The Bertz CT molecular complexity index is 407. The van der Waals surface area contributed by atoms with Gasteiger partial charge >= 0.3 is 0 Å². The number of rotatable bonds is 4. The molecule has 2 N–H and O–H groups in total. The van der Waals surface area contributed by atoms with Crippen molar-refractivity contribution in [3.05, 3.63) is 34.3 Å². The SMILES string of the molecule is OC1CCC(NC(c2ccc(Br)cc2)C2CC2)CC1. The largest absolute Gasteiger partial charge is 0.393 e. The molecule has 1 aromatic carbocycles. The number of hydrogen-bond acceptors (Lipinski definition) is 2. The van der Waals surface area contributed by atoms with Crippen molar-refractivity contribution in [3.63, 3.8) is 0 Å². The van der Waals surface area contributed by atoms with Crippen molar-refractivity contribution in [1.82, 2.24) is 5.32 Å². The average Bonchev–Trinajstić information content (AvgIpc) is 3.24. The van der Waals surface area contributed by atoms with Gasteiger partial charge in [0.05, 0.1) is 6.10 Å². The first-order valence-corrected chi connectivity index (χ1v) is 8.21. The van der Waals surface area contributed by atoms with Gasteiger partial charge in [-0.3, -0.25) is 0 Å². The Kier molecular flexibility index (Phi) is 4.25. The summed E-state index contributed by atoms with van der Waals surface area (Å²) in [7, 11) is 0. The van der Waals surface area contributed by atoms with E-state index in [0.29, 0.717) is 12.1 Å². The van der Waals surface area contributed by atoms with Crippen LogP contribution in [-0.2, 0) is 0 Å². The summed E-state index contributed by atoms with van der Waals surface area (Å²) in [6.45, 7) is 0. The lowest BCUT2D eigenvalue weighted by molar-refractivity contribution is 0.113. The second-order valence-corrected chi connectivity index (χ2v) is 6.95. The van der Waals surface area contributed by atoms with Crippen LogP contribution in [0.25, 0.3) is 0 Å². The minimum atomic E-state index is -0.0647. The maximum absolute atomic E-state index is 9.60. The average molecular weight is 324 g/mol. The van der Waals surface area contributed by atoms with Crippen molar-refractivity contribution < 1.29 is 5.11 Å². The van der Waals surface area contributed by atoms with Crippen LogP contribution in [0.5, 0.6) is 0 Å². The van der Waals surface area contributed by atoms with Crippen LogP contribution in [0.3, 0.4) is 0 Å². The van der Waals surface area contributed by atoms with Gasteiger partial charge in [-0.1, -0.05) is 28.1 Å². The summed E-state index contributed by atoms with van der Waals surface area (Å²) in [5.41, 5.74) is 1.41.